The van der Waals surface area contributed by atoms with Crippen molar-refractivity contribution in [1.82, 2.24) is 24.9 Å². The molecule has 5 heteroatoms. The largest absolute Gasteiger partial charge is 0.309 e. The number of nitrogens with one attached hydrogen (secondary N) is 1. The molecule has 0 aromatic carbocycles. The van der Waals surface area contributed by atoms with Crippen LogP contribution in [0.15, 0.2) is 6.07 Å². The smallest absolute Gasteiger partial charge is 0.0768 e. The molecule has 2 atom stereocenters. The Morgan fingerprint density at radius 3 is 3.15 bits per heavy atom. The predicted molar refractivity (Wildman–Crippen MR) is 78.4 cm³/mol. The van der Waals surface area contributed by atoms with Gasteiger partial charge in [-0.25, -0.2) is 0 Å². The zero-order chi connectivity index (χ0) is 13.5. The minimum Gasteiger partial charge on any atom is -0.309 e. The molecule has 0 aliphatic carbocycles. The van der Waals surface area contributed by atoms with Gasteiger partial charge in [-0.05, 0) is 31.9 Å². The van der Waals surface area contributed by atoms with Gasteiger partial charge in [0.05, 0.1) is 17.9 Å². The first kappa shape index (κ1) is 12.8. The van der Waals surface area contributed by atoms with E-state index in [2.05, 4.69) is 32.9 Å². The van der Waals surface area contributed by atoms with E-state index in [1.54, 1.807) is 0 Å². The van der Waals surface area contributed by atoms with Gasteiger partial charge in [0.2, 0.25) is 0 Å². The van der Waals surface area contributed by atoms with Crippen molar-refractivity contribution in [3.8, 4) is 0 Å². The molecular formula is C15H25N5. The second-order valence-corrected chi connectivity index (χ2v) is 6.77. The number of hydrogen-bond acceptors (Lipinski definition) is 4. The first-order chi connectivity index (χ1) is 9.78. The Balaban J connectivity index is 1.50. The van der Waals surface area contributed by atoms with E-state index in [4.69, 9.17) is 5.10 Å². The van der Waals surface area contributed by atoms with Crippen LogP contribution < -0.4 is 5.32 Å². The van der Waals surface area contributed by atoms with E-state index in [9.17, 15) is 0 Å². The van der Waals surface area contributed by atoms with Crippen LogP contribution in [-0.4, -0.2) is 58.8 Å². The highest BCUT2D eigenvalue weighted by Gasteiger charge is 2.33. The van der Waals surface area contributed by atoms with E-state index >= 15 is 0 Å². The third-order valence-corrected chi connectivity index (χ3v) is 5.10. The number of nitrogens with zero attached hydrogens (tertiary/aromatic N) is 4. The second-order valence-electron chi connectivity index (χ2n) is 6.77. The zero-order valence-electron chi connectivity index (χ0n) is 12.4. The molecule has 3 fully saturated rings. The minimum absolute atomic E-state index is 0.732. The maximum Gasteiger partial charge on any atom is 0.0768 e. The third kappa shape index (κ3) is 2.38. The normalized spacial score (nSPS) is 31.2. The van der Waals surface area contributed by atoms with Crippen molar-refractivity contribution in [3.05, 3.63) is 17.5 Å². The molecule has 0 amide bonds. The van der Waals surface area contributed by atoms with E-state index in [0.717, 1.165) is 38.1 Å². The van der Waals surface area contributed by atoms with Crippen LogP contribution in [0.1, 0.15) is 24.2 Å². The lowest BCUT2D eigenvalue weighted by Crippen LogP contribution is -2.43. The van der Waals surface area contributed by atoms with Crippen molar-refractivity contribution in [1.29, 1.82) is 0 Å². The highest BCUT2D eigenvalue weighted by Crippen LogP contribution is 2.28. The lowest BCUT2D eigenvalue weighted by molar-refractivity contribution is 0.122. The average Bonchev–Trinajstić information content (AvgIpc) is 2.66. The highest BCUT2D eigenvalue weighted by molar-refractivity contribution is 5.12. The molecule has 1 aromatic heterocycles. The molecule has 3 saturated heterocycles. The fraction of sp³-hybridized carbons (Fsp3) is 0.800. The molecule has 1 aromatic rings. The lowest BCUT2D eigenvalue weighted by atomic mass is 9.95. The SMILES string of the molecule is CN1C[C@H]2CC[C@@H](C1)N(Cc1cc3n(n1)CCNC3)C2. The first-order valence-electron chi connectivity index (χ1n) is 7.97. The van der Waals surface area contributed by atoms with Gasteiger partial charge in [0.15, 0.2) is 0 Å². The minimum atomic E-state index is 0.732. The topological polar surface area (TPSA) is 36.3 Å². The molecule has 20 heavy (non-hydrogen) atoms. The van der Waals surface area contributed by atoms with Crippen LogP contribution >= 0.6 is 0 Å². The molecule has 0 spiro atoms. The Labute approximate surface area is 120 Å². The second kappa shape index (κ2) is 5.13. The zero-order valence-corrected chi connectivity index (χ0v) is 12.4. The summed E-state index contributed by atoms with van der Waals surface area (Å²) in [7, 11) is 2.27. The number of hydrogen-bond donors (Lipinski definition) is 1. The fourth-order valence-corrected chi connectivity index (χ4v) is 4.14. The van der Waals surface area contributed by atoms with Gasteiger partial charge in [-0.1, -0.05) is 0 Å². The summed E-state index contributed by atoms with van der Waals surface area (Å²) in [5.74, 6) is 0.859. The summed E-state index contributed by atoms with van der Waals surface area (Å²) in [5.41, 5.74) is 2.61. The van der Waals surface area contributed by atoms with Crippen LogP contribution in [0.25, 0.3) is 0 Å². The Morgan fingerprint density at radius 1 is 1.30 bits per heavy atom. The van der Waals surface area contributed by atoms with E-state index in [1.165, 1.54) is 43.9 Å². The summed E-state index contributed by atoms with van der Waals surface area (Å²) in [4.78, 5) is 5.20. The standard InChI is InChI=1S/C15H25N5/c1-18-8-12-2-3-14(11-18)19(9-12)10-13-6-15-7-16-4-5-20(15)17-13/h6,12,14,16H,2-5,7-11H2,1H3/t12-,14+/m1/s1. The molecule has 110 valence electrons. The summed E-state index contributed by atoms with van der Waals surface area (Å²) in [6, 6.07) is 3.03. The van der Waals surface area contributed by atoms with Crippen LogP contribution in [0.3, 0.4) is 0 Å². The van der Waals surface area contributed by atoms with Gasteiger partial charge in [0.1, 0.15) is 0 Å². The Bertz CT molecular complexity index is 459. The van der Waals surface area contributed by atoms with E-state index < -0.39 is 0 Å². The van der Waals surface area contributed by atoms with E-state index in [-0.39, 0.29) is 0 Å². The third-order valence-electron chi connectivity index (χ3n) is 5.10. The molecular weight excluding hydrogens is 250 g/mol. The Morgan fingerprint density at radius 2 is 2.25 bits per heavy atom. The first-order valence-corrected chi connectivity index (χ1v) is 7.97. The van der Waals surface area contributed by atoms with Crippen LogP contribution in [-0.2, 0) is 19.6 Å². The fourth-order valence-electron chi connectivity index (χ4n) is 4.14. The maximum atomic E-state index is 4.80. The Hall–Kier alpha value is -0.910. The summed E-state index contributed by atoms with van der Waals surface area (Å²) >= 11 is 0. The molecule has 0 unspecified atom stereocenters. The molecule has 4 aliphatic heterocycles. The molecule has 5 rings (SSSR count). The Kier molecular flexibility index (Phi) is 3.28. The van der Waals surface area contributed by atoms with Crippen molar-refractivity contribution in [3.63, 3.8) is 0 Å². The summed E-state index contributed by atoms with van der Waals surface area (Å²) < 4.78 is 2.19. The van der Waals surface area contributed by atoms with Crippen molar-refractivity contribution < 1.29 is 0 Å². The van der Waals surface area contributed by atoms with Gasteiger partial charge >= 0.3 is 0 Å². The van der Waals surface area contributed by atoms with Crippen LogP contribution in [0.2, 0.25) is 0 Å². The predicted octanol–water partition coefficient (Wildman–Crippen LogP) is 0.512. The number of piperidine rings is 1. The number of aromatic nitrogens is 2. The molecule has 5 nitrogen and oxygen atoms in total. The number of likely N-dealkylation sites (N-methyl/N-ethyl adjacent to an activating group) is 1. The van der Waals surface area contributed by atoms with Gasteiger partial charge < -0.3 is 10.2 Å². The summed E-state index contributed by atoms with van der Waals surface area (Å²) in [5, 5.41) is 8.22. The molecule has 4 aliphatic rings. The van der Waals surface area contributed by atoms with Gasteiger partial charge in [-0.15, -0.1) is 0 Å². The molecule has 2 bridgehead atoms. The van der Waals surface area contributed by atoms with Gasteiger partial charge in [-0.2, -0.15) is 5.10 Å². The summed E-state index contributed by atoms with van der Waals surface area (Å²) in [6.45, 7) is 7.84. The summed E-state index contributed by atoms with van der Waals surface area (Å²) in [6.07, 6.45) is 2.78. The maximum absolute atomic E-state index is 4.80. The highest BCUT2D eigenvalue weighted by atomic mass is 15.3. The van der Waals surface area contributed by atoms with Crippen molar-refractivity contribution in [2.75, 3.05) is 33.2 Å². The monoisotopic (exact) mass is 275 g/mol. The van der Waals surface area contributed by atoms with Crippen molar-refractivity contribution in [2.45, 2.75) is 38.5 Å². The van der Waals surface area contributed by atoms with Crippen molar-refractivity contribution in [2.24, 2.45) is 5.92 Å². The van der Waals surface area contributed by atoms with E-state index in [1.807, 2.05) is 0 Å². The molecule has 5 heterocycles. The van der Waals surface area contributed by atoms with Crippen LogP contribution in [0, 0.1) is 5.92 Å². The van der Waals surface area contributed by atoms with Crippen LogP contribution in [0.4, 0.5) is 0 Å². The van der Waals surface area contributed by atoms with Gasteiger partial charge in [0.25, 0.3) is 0 Å². The van der Waals surface area contributed by atoms with Gasteiger partial charge in [-0.3, -0.25) is 9.58 Å². The van der Waals surface area contributed by atoms with E-state index in [0.29, 0.717) is 0 Å². The number of fused-ring (bicyclic) bond motifs is 5. The lowest BCUT2D eigenvalue weighted by Gasteiger charge is -2.35. The molecule has 1 N–H and O–H groups in total. The average molecular weight is 275 g/mol. The van der Waals surface area contributed by atoms with Crippen molar-refractivity contribution >= 4 is 0 Å². The molecule has 0 radical (unpaired) electrons. The van der Waals surface area contributed by atoms with Crippen LogP contribution in [0.5, 0.6) is 0 Å². The van der Waals surface area contributed by atoms with Gasteiger partial charge in [0, 0.05) is 45.3 Å². The number of rotatable bonds is 2. The quantitative estimate of drug-likeness (QED) is 0.853. The molecule has 0 saturated carbocycles.